The van der Waals surface area contributed by atoms with Gasteiger partial charge in [-0.2, -0.15) is 0 Å². The first-order chi connectivity index (χ1) is 8.74. The standard InChI is InChI=1S/C13H14BrN3O/c1-2-18-13-8-17-12(4-9(13)5-15)10-3-11(14)7-16-6-10/h3-4,6-8H,2,5,15H2,1H3. The van der Waals surface area contributed by atoms with Gasteiger partial charge in [0, 0.05) is 34.5 Å². The van der Waals surface area contributed by atoms with E-state index in [0.29, 0.717) is 13.2 Å². The Morgan fingerprint density at radius 2 is 2.11 bits per heavy atom. The van der Waals surface area contributed by atoms with E-state index >= 15 is 0 Å². The molecule has 0 aromatic carbocycles. The van der Waals surface area contributed by atoms with Crippen molar-refractivity contribution in [2.24, 2.45) is 5.73 Å². The van der Waals surface area contributed by atoms with Crippen molar-refractivity contribution in [3.05, 3.63) is 40.8 Å². The summed E-state index contributed by atoms with van der Waals surface area (Å²) in [7, 11) is 0. The Morgan fingerprint density at radius 1 is 1.28 bits per heavy atom. The zero-order chi connectivity index (χ0) is 13.0. The summed E-state index contributed by atoms with van der Waals surface area (Å²) < 4.78 is 6.40. The van der Waals surface area contributed by atoms with Crippen LogP contribution in [0.15, 0.2) is 35.2 Å². The van der Waals surface area contributed by atoms with Crippen LogP contribution in [0.5, 0.6) is 5.75 Å². The summed E-state index contributed by atoms with van der Waals surface area (Å²) in [5.74, 6) is 0.742. The van der Waals surface area contributed by atoms with Crippen LogP contribution in [0, 0.1) is 0 Å². The average molecular weight is 308 g/mol. The summed E-state index contributed by atoms with van der Waals surface area (Å²) in [4.78, 5) is 8.50. The number of halogens is 1. The van der Waals surface area contributed by atoms with Crippen molar-refractivity contribution in [1.82, 2.24) is 9.97 Å². The van der Waals surface area contributed by atoms with Crippen LogP contribution in [0.1, 0.15) is 12.5 Å². The number of hydrogen-bond donors (Lipinski definition) is 1. The molecule has 0 saturated heterocycles. The molecular formula is C13H14BrN3O. The van der Waals surface area contributed by atoms with Gasteiger partial charge in [0.2, 0.25) is 0 Å². The minimum absolute atomic E-state index is 0.423. The Kier molecular flexibility index (Phi) is 4.28. The number of nitrogens with two attached hydrogens (primary N) is 1. The molecule has 2 rings (SSSR count). The van der Waals surface area contributed by atoms with Crippen LogP contribution in [0.3, 0.4) is 0 Å². The molecule has 18 heavy (non-hydrogen) atoms. The van der Waals surface area contributed by atoms with Crippen molar-refractivity contribution >= 4 is 15.9 Å². The molecule has 0 amide bonds. The molecule has 0 bridgehead atoms. The Balaban J connectivity index is 2.41. The van der Waals surface area contributed by atoms with Crippen molar-refractivity contribution in [3.63, 3.8) is 0 Å². The van der Waals surface area contributed by atoms with E-state index in [9.17, 15) is 0 Å². The zero-order valence-electron chi connectivity index (χ0n) is 10.1. The molecule has 5 heteroatoms. The van der Waals surface area contributed by atoms with Crippen LogP contribution in [0.2, 0.25) is 0 Å². The van der Waals surface area contributed by atoms with Crippen LogP contribution in [0.25, 0.3) is 11.3 Å². The van der Waals surface area contributed by atoms with Gasteiger partial charge in [0.25, 0.3) is 0 Å². The topological polar surface area (TPSA) is 61.0 Å². The summed E-state index contributed by atoms with van der Waals surface area (Å²) >= 11 is 3.39. The van der Waals surface area contributed by atoms with Crippen molar-refractivity contribution in [2.75, 3.05) is 6.61 Å². The maximum atomic E-state index is 5.73. The molecule has 0 spiro atoms. The molecule has 0 aliphatic carbocycles. The second-order valence-corrected chi connectivity index (χ2v) is 4.62. The fourth-order valence-corrected chi connectivity index (χ4v) is 2.00. The molecule has 0 saturated carbocycles. The van der Waals surface area contributed by atoms with E-state index in [1.807, 2.05) is 19.1 Å². The van der Waals surface area contributed by atoms with Gasteiger partial charge >= 0.3 is 0 Å². The SMILES string of the molecule is CCOc1cnc(-c2cncc(Br)c2)cc1CN. The summed E-state index contributed by atoms with van der Waals surface area (Å²) in [6, 6.07) is 3.91. The van der Waals surface area contributed by atoms with Gasteiger partial charge in [-0.3, -0.25) is 9.97 Å². The molecule has 0 aliphatic heterocycles. The lowest BCUT2D eigenvalue weighted by molar-refractivity contribution is 0.335. The quantitative estimate of drug-likeness (QED) is 0.943. The molecule has 0 radical (unpaired) electrons. The highest BCUT2D eigenvalue weighted by atomic mass is 79.9. The molecule has 94 valence electrons. The van der Waals surface area contributed by atoms with Gasteiger partial charge in [-0.05, 0) is 35.0 Å². The minimum Gasteiger partial charge on any atom is -0.492 e. The van der Waals surface area contributed by atoms with Crippen LogP contribution >= 0.6 is 15.9 Å². The molecule has 2 aromatic rings. The van der Waals surface area contributed by atoms with E-state index in [1.165, 1.54) is 0 Å². The summed E-state index contributed by atoms with van der Waals surface area (Å²) in [5.41, 5.74) is 8.46. The van der Waals surface area contributed by atoms with Gasteiger partial charge in [0.15, 0.2) is 0 Å². The van der Waals surface area contributed by atoms with Crippen LogP contribution in [-0.4, -0.2) is 16.6 Å². The monoisotopic (exact) mass is 307 g/mol. The molecule has 0 fully saturated rings. The van der Waals surface area contributed by atoms with Gasteiger partial charge < -0.3 is 10.5 Å². The van der Waals surface area contributed by atoms with Crippen LogP contribution in [0.4, 0.5) is 0 Å². The van der Waals surface area contributed by atoms with E-state index in [4.69, 9.17) is 10.5 Å². The number of hydrogen-bond acceptors (Lipinski definition) is 4. The number of pyridine rings is 2. The lowest BCUT2D eigenvalue weighted by atomic mass is 10.1. The largest absolute Gasteiger partial charge is 0.492 e. The Morgan fingerprint density at radius 3 is 2.78 bits per heavy atom. The predicted molar refractivity (Wildman–Crippen MR) is 74.2 cm³/mol. The highest BCUT2D eigenvalue weighted by Crippen LogP contribution is 2.25. The fraction of sp³-hybridized carbons (Fsp3) is 0.231. The minimum atomic E-state index is 0.423. The fourth-order valence-electron chi connectivity index (χ4n) is 1.64. The highest BCUT2D eigenvalue weighted by Gasteiger charge is 2.07. The van der Waals surface area contributed by atoms with E-state index < -0.39 is 0 Å². The summed E-state index contributed by atoms with van der Waals surface area (Å²) in [5, 5.41) is 0. The second-order valence-electron chi connectivity index (χ2n) is 3.71. The van der Waals surface area contributed by atoms with E-state index in [2.05, 4.69) is 25.9 Å². The number of aromatic nitrogens is 2. The lowest BCUT2D eigenvalue weighted by Crippen LogP contribution is -2.03. The summed E-state index contributed by atoms with van der Waals surface area (Å²) in [6.07, 6.45) is 5.22. The first-order valence-electron chi connectivity index (χ1n) is 5.67. The molecule has 0 atom stereocenters. The lowest BCUT2D eigenvalue weighted by Gasteiger charge is -2.10. The maximum Gasteiger partial charge on any atom is 0.142 e. The van der Waals surface area contributed by atoms with Crippen LogP contribution < -0.4 is 10.5 Å². The smallest absolute Gasteiger partial charge is 0.142 e. The van der Waals surface area contributed by atoms with Gasteiger partial charge in [0.05, 0.1) is 18.5 Å². The van der Waals surface area contributed by atoms with Gasteiger partial charge in [-0.1, -0.05) is 0 Å². The van der Waals surface area contributed by atoms with E-state index in [-0.39, 0.29) is 0 Å². The molecule has 0 unspecified atom stereocenters. The Hall–Kier alpha value is -1.46. The third-order valence-corrected chi connectivity index (χ3v) is 2.90. The molecule has 2 aromatic heterocycles. The van der Waals surface area contributed by atoms with Crippen LogP contribution in [-0.2, 0) is 6.54 Å². The number of nitrogens with zero attached hydrogens (tertiary/aromatic N) is 2. The van der Waals surface area contributed by atoms with Crippen molar-refractivity contribution in [2.45, 2.75) is 13.5 Å². The molecular weight excluding hydrogens is 294 g/mol. The summed E-state index contributed by atoms with van der Waals surface area (Å²) in [6.45, 7) is 2.96. The first-order valence-corrected chi connectivity index (χ1v) is 6.46. The van der Waals surface area contributed by atoms with Gasteiger partial charge in [-0.25, -0.2) is 0 Å². The van der Waals surface area contributed by atoms with Gasteiger partial charge in [0.1, 0.15) is 5.75 Å². The van der Waals surface area contributed by atoms with Crippen molar-refractivity contribution < 1.29 is 4.74 Å². The molecule has 2 heterocycles. The maximum absolute atomic E-state index is 5.73. The predicted octanol–water partition coefficient (Wildman–Crippen LogP) is 2.76. The molecule has 2 N–H and O–H groups in total. The Labute approximate surface area is 114 Å². The normalized spacial score (nSPS) is 10.4. The third kappa shape index (κ3) is 2.86. The average Bonchev–Trinajstić information content (AvgIpc) is 2.39. The zero-order valence-corrected chi connectivity index (χ0v) is 11.6. The first kappa shape index (κ1) is 13.0. The van der Waals surface area contributed by atoms with E-state index in [1.54, 1.807) is 18.6 Å². The highest BCUT2D eigenvalue weighted by molar-refractivity contribution is 9.10. The van der Waals surface area contributed by atoms with Crippen molar-refractivity contribution in [3.8, 4) is 17.0 Å². The van der Waals surface area contributed by atoms with E-state index in [0.717, 1.165) is 27.0 Å². The Bertz CT molecular complexity index is 546. The third-order valence-electron chi connectivity index (χ3n) is 2.47. The number of rotatable bonds is 4. The number of ether oxygens (including phenoxy) is 1. The molecule has 4 nitrogen and oxygen atoms in total. The molecule has 0 aliphatic rings. The van der Waals surface area contributed by atoms with Gasteiger partial charge in [-0.15, -0.1) is 0 Å². The second kappa shape index (κ2) is 5.93. The van der Waals surface area contributed by atoms with Crippen molar-refractivity contribution in [1.29, 1.82) is 0 Å².